The maximum Gasteiger partial charge on any atom is 0.369 e. The molecule has 0 aromatic carbocycles. The highest BCUT2D eigenvalue weighted by Crippen LogP contribution is 2.42. The molecule has 0 aliphatic carbocycles. The van der Waals surface area contributed by atoms with Gasteiger partial charge in [0.05, 0.1) is 18.3 Å². The van der Waals surface area contributed by atoms with Crippen LogP contribution in [0.3, 0.4) is 0 Å². The SMILES string of the molecule is O=C(O)C(=CF)CC(F)(F)C(F)(F)C(F)F. The molecule has 0 spiro atoms. The molecule has 0 rings (SSSR count). The van der Waals surface area contributed by atoms with Crippen LogP contribution in [0.25, 0.3) is 0 Å². The molecule has 0 aliphatic rings. The van der Waals surface area contributed by atoms with Crippen molar-refractivity contribution in [3.05, 3.63) is 11.9 Å². The van der Waals surface area contributed by atoms with E-state index in [1.54, 1.807) is 0 Å². The van der Waals surface area contributed by atoms with Crippen LogP contribution in [0.15, 0.2) is 11.9 Å². The van der Waals surface area contributed by atoms with Crippen molar-refractivity contribution in [1.29, 1.82) is 0 Å². The molecule has 0 radical (unpaired) electrons. The molecule has 0 heterocycles. The highest BCUT2D eigenvalue weighted by atomic mass is 19.3. The van der Waals surface area contributed by atoms with Gasteiger partial charge < -0.3 is 5.11 Å². The Labute approximate surface area is 84.4 Å². The molecular formula is C7H5F7O2. The van der Waals surface area contributed by atoms with E-state index < -0.39 is 42.6 Å². The first-order valence-corrected chi connectivity index (χ1v) is 3.62. The number of carboxylic acids is 1. The Morgan fingerprint density at radius 3 is 1.94 bits per heavy atom. The standard InChI is InChI=1S/C7H5F7O2/c8-2-3(4(15)16)1-6(11,12)7(13,14)5(9)10/h2,5H,1H2,(H,15,16). The summed E-state index contributed by atoms with van der Waals surface area (Å²) in [6.45, 7) is 0. The highest BCUT2D eigenvalue weighted by molar-refractivity contribution is 5.86. The van der Waals surface area contributed by atoms with E-state index in [4.69, 9.17) is 5.11 Å². The van der Waals surface area contributed by atoms with Crippen LogP contribution >= 0.6 is 0 Å². The van der Waals surface area contributed by atoms with E-state index >= 15 is 0 Å². The van der Waals surface area contributed by atoms with Gasteiger partial charge in [0, 0.05) is 0 Å². The average Bonchev–Trinajstić information content (AvgIpc) is 2.13. The average molecular weight is 254 g/mol. The van der Waals surface area contributed by atoms with Gasteiger partial charge in [0.2, 0.25) is 0 Å². The van der Waals surface area contributed by atoms with Crippen LogP contribution in [0.1, 0.15) is 6.42 Å². The largest absolute Gasteiger partial charge is 0.478 e. The van der Waals surface area contributed by atoms with Crippen molar-refractivity contribution in [3.8, 4) is 0 Å². The maximum atomic E-state index is 12.5. The van der Waals surface area contributed by atoms with Crippen LogP contribution in [0.5, 0.6) is 0 Å². The number of carbonyl (C=O) groups is 1. The summed E-state index contributed by atoms with van der Waals surface area (Å²) in [5.41, 5.74) is -1.72. The molecule has 0 saturated heterocycles. The minimum absolute atomic E-state index is 0.849. The molecule has 16 heavy (non-hydrogen) atoms. The summed E-state index contributed by atoms with van der Waals surface area (Å²) in [5, 5.41) is 8.07. The van der Waals surface area contributed by atoms with Crippen LogP contribution in [0.2, 0.25) is 0 Å². The van der Waals surface area contributed by atoms with Gasteiger partial charge in [-0.25, -0.2) is 18.0 Å². The summed E-state index contributed by atoms with van der Waals surface area (Å²) in [6, 6.07) is 0. The number of halogens is 7. The number of hydrogen-bond donors (Lipinski definition) is 1. The summed E-state index contributed by atoms with van der Waals surface area (Å²) >= 11 is 0. The zero-order chi connectivity index (χ0) is 13.1. The van der Waals surface area contributed by atoms with Crippen molar-refractivity contribution in [2.24, 2.45) is 0 Å². The van der Waals surface area contributed by atoms with Gasteiger partial charge in [-0.15, -0.1) is 0 Å². The molecule has 0 aromatic heterocycles. The third-order valence-corrected chi connectivity index (χ3v) is 1.58. The van der Waals surface area contributed by atoms with E-state index in [1.807, 2.05) is 0 Å². The third kappa shape index (κ3) is 2.86. The van der Waals surface area contributed by atoms with Gasteiger partial charge in [-0.3, -0.25) is 0 Å². The Balaban J connectivity index is 5.02. The molecule has 0 unspecified atom stereocenters. The fourth-order valence-electron chi connectivity index (χ4n) is 0.678. The number of carboxylic acid groups (broad SMARTS) is 1. The summed E-state index contributed by atoms with van der Waals surface area (Å²) in [5.74, 6) is -13.3. The molecule has 0 atom stereocenters. The summed E-state index contributed by atoms with van der Waals surface area (Å²) < 4.78 is 84.4. The zero-order valence-electron chi connectivity index (χ0n) is 7.36. The first kappa shape index (κ1) is 14.7. The highest BCUT2D eigenvalue weighted by Gasteiger charge is 2.63. The number of alkyl halides is 6. The minimum atomic E-state index is -5.73. The molecular weight excluding hydrogens is 249 g/mol. The summed E-state index contributed by atoms with van der Waals surface area (Å²) in [6.07, 6.45) is -7.86. The number of aliphatic carboxylic acids is 1. The number of hydrogen-bond acceptors (Lipinski definition) is 1. The summed E-state index contributed by atoms with van der Waals surface area (Å²) in [4.78, 5) is 10.0. The first-order valence-electron chi connectivity index (χ1n) is 3.62. The van der Waals surface area contributed by atoms with Gasteiger partial charge >= 0.3 is 24.2 Å². The lowest BCUT2D eigenvalue weighted by Gasteiger charge is -2.25. The van der Waals surface area contributed by atoms with E-state index in [-0.39, 0.29) is 0 Å². The van der Waals surface area contributed by atoms with Crippen molar-refractivity contribution in [2.75, 3.05) is 0 Å². The van der Waals surface area contributed by atoms with Crippen molar-refractivity contribution in [2.45, 2.75) is 24.7 Å². The number of rotatable bonds is 5. The van der Waals surface area contributed by atoms with Gasteiger partial charge in [0.1, 0.15) is 0 Å². The lowest BCUT2D eigenvalue weighted by Crippen LogP contribution is -2.46. The van der Waals surface area contributed by atoms with E-state index in [2.05, 4.69) is 0 Å². The van der Waals surface area contributed by atoms with Crippen LogP contribution in [-0.4, -0.2) is 29.3 Å². The molecule has 0 amide bonds. The van der Waals surface area contributed by atoms with Gasteiger partial charge in [-0.1, -0.05) is 0 Å². The van der Waals surface area contributed by atoms with E-state index in [0.717, 1.165) is 0 Å². The molecule has 1 N–H and O–H groups in total. The van der Waals surface area contributed by atoms with Crippen LogP contribution in [0.4, 0.5) is 30.7 Å². The van der Waals surface area contributed by atoms with E-state index in [9.17, 15) is 35.5 Å². The Hall–Kier alpha value is -1.28. The van der Waals surface area contributed by atoms with Crippen molar-refractivity contribution in [3.63, 3.8) is 0 Å². The van der Waals surface area contributed by atoms with Crippen LogP contribution < -0.4 is 0 Å². The van der Waals surface area contributed by atoms with Gasteiger partial charge in [-0.05, 0) is 0 Å². The van der Waals surface area contributed by atoms with Crippen molar-refractivity contribution in [1.82, 2.24) is 0 Å². The van der Waals surface area contributed by atoms with Crippen LogP contribution in [0, 0.1) is 0 Å². The Morgan fingerprint density at radius 2 is 1.69 bits per heavy atom. The predicted molar refractivity (Wildman–Crippen MR) is 37.3 cm³/mol. The lowest BCUT2D eigenvalue weighted by molar-refractivity contribution is -0.262. The van der Waals surface area contributed by atoms with Gasteiger partial charge in [0.25, 0.3) is 0 Å². The Kier molecular flexibility index (Phi) is 4.33. The molecule has 0 bridgehead atoms. The second kappa shape index (κ2) is 4.71. The second-order valence-electron chi connectivity index (χ2n) is 2.74. The van der Waals surface area contributed by atoms with Crippen molar-refractivity contribution < 1.29 is 40.6 Å². The molecule has 0 saturated carbocycles. The molecule has 0 fully saturated rings. The first-order chi connectivity index (χ1) is 7.06. The van der Waals surface area contributed by atoms with Gasteiger partial charge in [0.15, 0.2) is 0 Å². The zero-order valence-corrected chi connectivity index (χ0v) is 7.36. The van der Waals surface area contributed by atoms with Gasteiger partial charge in [-0.2, -0.15) is 17.6 Å². The molecule has 9 heteroatoms. The van der Waals surface area contributed by atoms with E-state index in [0.29, 0.717) is 0 Å². The lowest BCUT2D eigenvalue weighted by atomic mass is 10.0. The third-order valence-electron chi connectivity index (χ3n) is 1.58. The van der Waals surface area contributed by atoms with Crippen molar-refractivity contribution >= 4 is 5.97 Å². The van der Waals surface area contributed by atoms with Crippen LogP contribution in [-0.2, 0) is 4.79 Å². The Morgan fingerprint density at radius 1 is 1.25 bits per heavy atom. The second-order valence-corrected chi connectivity index (χ2v) is 2.74. The maximum absolute atomic E-state index is 12.5. The molecule has 2 nitrogen and oxygen atoms in total. The Bertz CT molecular complexity index is 297. The normalized spacial score (nSPS) is 14.4. The fraction of sp³-hybridized carbons (Fsp3) is 0.571. The van der Waals surface area contributed by atoms with E-state index in [1.165, 1.54) is 0 Å². The summed E-state index contributed by atoms with van der Waals surface area (Å²) in [7, 11) is 0. The minimum Gasteiger partial charge on any atom is -0.478 e. The quantitative estimate of drug-likeness (QED) is 0.605. The molecule has 0 aromatic rings. The molecule has 94 valence electrons. The fourth-order valence-corrected chi connectivity index (χ4v) is 0.678. The topological polar surface area (TPSA) is 37.3 Å². The smallest absolute Gasteiger partial charge is 0.369 e. The monoisotopic (exact) mass is 254 g/mol. The predicted octanol–water partition coefficient (Wildman–Crippen LogP) is 2.85. The molecule has 0 aliphatic heterocycles.